The van der Waals surface area contributed by atoms with E-state index in [0.717, 1.165) is 17.7 Å². The fourth-order valence-electron chi connectivity index (χ4n) is 2.79. The highest BCUT2D eigenvalue weighted by molar-refractivity contribution is 5.99. The molecule has 0 atom stereocenters. The monoisotopic (exact) mass is 313 g/mol. The molecule has 0 bridgehead atoms. The Bertz CT molecular complexity index is 779. The Kier molecular flexibility index (Phi) is 3.90. The first kappa shape index (κ1) is 15.3. The van der Waals surface area contributed by atoms with Crippen molar-refractivity contribution in [3.63, 3.8) is 0 Å². The molecule has 1 aliphatic rings. The number of hydrogen-bond donors (Lipinski definition) is 0. The number of amides is 1. The fourth-order valence-corrected chi connectivity index (χ4v) is 2.79. The molecule has 0 N–H and O–H groups in total. The van der Waals surface area contributed by atoms with Gasteiger partial charge in [-0.05, 0) is 31.0 Å². The molecule has 0 saturated carbocycles. The van der Waals surface area contributed by atoms with E-state index in [2.05, 4.69) is 4.98 Å². The molecule has 0 spiro atoms. The second-order valence-corrected chi connectivity index (χ2v) is 5.50. The molecule has 2 heterocycles. The third-order valence-electron chi connectivity index (χ3n) is 4.03. The van der Waals surface area contributed by atoms with E-state index in [1.807, 2.05) is 29.7 Å². The first-order valence-corrected chi connectivity index (χ1v) is 7.68. The number of aromatic nitrogens is 2. The number of carbonyl (C=O) groups is 2. The van der Waals surface area contributed by atoms with Gasteiger partial charge >= 0.3 is 5.97 Å². The van der Waals surface area contributed by atoms with Gasteiger partial charge < -0.3 is 9.64 Å². The summed E-state index contributed by atoms with van der Waals surface area (Å²) >= 11 is 0. The van der Waals surface area contributed by atoms with Crippen LogP contribution in [0.4, 0.5) is 0 Å². The maximum absolute atomic E-state index is 12.7. The zero-order valence-electron chi connectivity index (χ0n) is 13.5. The van der Waals surface area contributed by atoms with Crippen LogP contribution >= 0.6 is 0 Å². The third kappa shape index (κ3) is 2.50. The zero-order chi connectivity index (χ0) is 16.6. The van der Waals surface area contributed by atoms with Crippen LogP contribution in [-0.2, 0) is 17.7 Å². The van der Waals surface area contributed by atoms with Crippen LogP contribution < -0.4 is 0 Å². The van der Waals surface area contributed by atoms with Crippen molar-refractivity contribution in [3.8, 4) is 5.69 Å². The summed E-state index contributed by atoms with van der Waals surface area (Å²) in [6.45, 7) is 4.40. The highest BCUT2D eigenvalue weighted by Crippen LogP contribution is 2.27. The first-order valence-electron chi connectivity index (χ1n) is 7.68. The molecule has 23 heavy (non-hydrogen) atoms. The normalized spacial score (nSPS) is 13.3. The molecule has 1 aliphatic heterocycles. The van der Waals surface area contributed by atoms with Crippen molar-refractivity contribution < 1.29 is 14.3 Å². The molecular formula is C17H19N3O3. The van der Waals surface area contributed by atoms with Gasteiger partial charge in [0, 0.05) is 7.05 Å². The van der Waals surface area contributed by atoms with Crippen molar-refractivity contribution >= 4 is 11.9 Å². The maximum atomic E-state index is 12.7. The van der Waals surface area contributed by atoms with E-state index in [4.69, 9.17) is 4.74 Å². The lowest BCUT2D eigenvalue weighted by Crippen LogP contribution is -2.26. The molecule has 2 aromatic rings. The number of carbonyl (C=O) groups excluding carboxylic acids is 2. The molecule has 0 saturated heterocycles. The quantitative estimate of drug-likeness (QED) is 0.815. The second-order valence-electron chi connectivity index (χ2n) is 5.50. The number of hydrogen-bond acceptors (Lipinski definition) is 4. The van der Waals surface area contributed by atoms with Gasteiger partial charge in [0.05, 0.1) is 30.1 Å². The van der Waals surface area contributed by atoms with E-state index >= 15 is 0 Å². The Morgan fingerprint density at radius 1 is 1.35 bits per heavy atom. The number of rotatable bonds is 3. The number of ether oxygens (including phenoxy) is 1. The minimum absolute atomic E-state index is 0.0613. The molecule has 6 heteroatoms. The third-order valence-corrected chi connectivity index (χ3v) is 4.03. The molecule has 1 aromatic heterocycles. The summed E-state index contributed by atoms with van der Waals surface area (Å²) in [5.74, 6) is -0.524. The minimum atomic E-state index is -0.462. The topological polar surface area (TPSA) is 64.4 Å². The van der Waals surface area contributed by atoms with Crippen LogP contribution in [0, 0.1) is 0 Å². The van der Waals surface area contributed by atoms with Gasteiger partial charge in [-0.15, -0.1) is 0 Å². The molecule has 6 nitrogen and oxygen atoms in total. The first-order chi connectivity index (χ1) is 11.1. The number of esters is 1. The number of imidazole rings is 1. The van der Waals surface area contributed by atoms with Crippen LogP contribution in [-0.4, -0.2) is 40.0 Å². The van der Waals surface area contributed by atoms with E-state index in [1.165, 1.54) is 0 Å². The van der Waals surface area contributed by atoms with Crippen LogP contribution in [0.5, 0.6) is 0 Å². The predicted molar refractivity (Wildman–Crippen MR) is 84.7 cm³/mol. The Labute approximate surface area is 134 Å². The van der Waals surface area contributed by atoms with E-state index < -0.39 is 5.97 Å². The summed E-state index contributed by atoms with van der Waals surface area (Å²) in [5.41, 5.74) is 3.40. The lowest BCUT2D eigenvalue weighted by atomic mass is 10.1. The van der Waals surface area contributed by atoms with Crippen molar-refractivity contribution in [1.29, 1.82) is 0 Å². The highest BCUT2D eigenvalue weighted by Gasteiger charge is 2.28. The van der Waals surface area contributed by atoms with Crippen LogP contribution in [0.2, 0.25) is 0 Å². The predicted octanol–water partition coefficient (Wildman–Crippen LogP) is 2.20. The van der Waals surface area contributed by atoms with Crippen LogP contribution in [0.1, 0.15) is 46.0 Å². The summed E-state index contributed by atoms with van der Waals surface area (Å²) < 4.78 is 6.87. The summed E-state index contributed by atoms with van der Waals surface area (Å²) in [6.07, 6.45) is 2.44. The highest BCUT2D eigenvalue weighted by atomic mass is 16.5. The molecule has 0 aliphatic carbocycles. The lowest BCUT2D eigenvalue weighted by molar-refractivity contribution is 0.0516. The van der Waals surface area contributed by atoms with Gasteiger partial charge in [0.2, 0.25) is 0 Å². The molecule has 1 amide bonds. The van der Waals surface area contributed by atoms with Crippen molar-refractivity contribution in [2.45, 2.75) is 26.8 Å². The van der Waals surface area contributed by atoms with Gasteiger partial charge in [-0.3, -0.25) is 9.36 Å². The zero-order valence-corrected chi connectivity index (χ0v) is 13.5. The smallest absolute Gasteiger partial charge is 0.358 e. The number of benzene rings is 1. The standard InChI is InChI=1S/C17H19N3O3/c1-4-11-6-7-13-12(8-11)16(21)19(3)9-14-15(17(22)23-5-2)18-10-20(13)14/h6-8,10H,4-5,9H2,1-3H3. The largest absolute Gasteiger partial charge is 0.461 e. The van der Waals surface area contributed by atoms with Crippen LogP contribution in [0.15, 0.2) is 24.5 Å². The van der Waals surface area contributed by atoms with E-state index in [1.54, 1.807) is 25.2 Å². The molecule has 3 rings (SSSR count). The molecule has 0 radical (unpaired) electrons. The van der Waals surface area contributed by atoms with Crippen molar-refractivity contribution in [2.24, 2.45) is 0 Å². The van der Waals surface area contributed by atoms with Crippen molar-refractivity contribution in [2.75, 3.05) is 13.7 Å². The fraction of sp³-hybridized carbons (Fsp3) is 0.353. The van der Waals surface area contributed by atoms with E-state index in [0.29, 0.717) is 17.8 Å². The average molecular weight is 313 g/mol. The second kappa shape index (κ2) is 5.87. The van der Waals surface area contributed by atoms with Gasteiger partial charge in [0.25, 0.3) is 5.91 Å². The molecule has 0 unspecified atom stereocenters. The summed E-state index contributed by atoms with van der Waals surface area (Å²) in [5, 5.41) is 0. The van der Waals surface area contributed by atoms with Crippen LogP contribution in [0.25, 0.3) is 5.69 Å². The Morgan fingerprint density at radius 3 is 2.83 bits per heavy atom. The number of nitrogens with zero attached hydrogens (tertiary/aromatic N) is 3. The molecular weight excluding hydrogens is 294 g/mol. The maximum Gasteiger partial charge on any atom is 0.358 e. The van der Waals surface area contributed by atoms with E-state index in [-0.39, 0.29) is 18.2 Å². The van der Waals surface area contributed by atoms with Gasteiger partial charge in [0.1, 0.15) is 6.33 Å². The number of fused-ring (bicyclic) bond motifs is 3. The van der Waals surface area contributed by atoms with Gasteiger partial charge in [-0.1, -0.05) is 13.0 Å². The summed E-state index contributed by atoms with van der Waals surface area (Å²) in [6, 6.07) is 5.81. The molecule has 0 fully saturated rings. The lowest BCUT2D eigenvalue weighted by Gasteiger charge is -2.14. The number of aryl methyl sites for hydroxylation is 1. The average Bonchev–Trinajstić information content (AvgIpc) is 2.93. The van der Waals surface area contributed by atoms with Gasteiger partial charge in [-0.25, -0.2) is 9.78 Å². The van der Waals surface area contributed by atoms with E-state index in [9.17, 15) is 9.59 Å². The Balaban J connectivity index is 2.18. The Hall–Kier alpha value is -2.63. The summed E-state index contributed by atoms with van der Waals surface area (Å²) in [7, 11) is 1.72. The minimum Gasteiger partial charge on any atom is -0.461 e. The van der Waals surface area contributed by atoms with Crippen molar-refractivity contribution in [1.82, 2.24) is 14.5 Å². The van der Waals surface area contributed by atoms with Gasteiger partial charge in [-0.2, -0.15) is 0 Å². The molecule has 1 aromatic carbocycles. The van der Waals surface area contributed by atoms with Crippen LogP contribution in [0.3, 0.4) is 0 Å². The molecule has 120 valence electrons. The summed E-state index contributed by atoms with van der Waals surface area (Å²) in [4.78, 5) is 30.6. The SMILES string of the molecule is CCOC(=O)c1ncn2c1CN(C)C(=O)c1cc(CC)ccc1-2. The van der Waals surface area contributed by atoms with Gasteiger partial charge in [0.15, 0.2) is 5.69 Å². The van der Waals surface area contributed by atoms with Crippen molar-refractivity contribution in [3.05, 3.63) is 47.0 Å². The Morgan fingerprint density at radius 2 is 2.13 bits per heavy atom.